The molecule has 3 heteroatoms. The van der Waals surface area contributed by atoms with E-state index in [1.165, 1.54) is 36.9 Å². The van der Waals surface area contributed by atoms with E-state index in [4.69, 9.17) is 10.5 Å². The first kappa shape index (κ1) is 14.9. The molecule has 2 aliphatic rings. The van der Waals surface area contributed by atoms with Gasteiger partial charge in [0.15, 0.2) is 0 Å². The maximum atomic E-state index is 5.98. The van der Waals surface area contributed by atoms with Crippen LogP contribution in [0.2, 0.25) is 0 Å². The van der Waals surface area contributed by atoms with E-state index >= 15 is 0 Å². The molecule has 3 rings (SSSR count). The standard InChI is InChI=1S/C18H28N2O/c19-17-6-4-14(5-7-17)13-20-18-3-1-2-16(12-18)15-8-10-21-11-9-15/h1-3,12,14-15,17,20H,4-11,13,19H2. The molecular weight excluding hydrogens is 260 g/mol. The maximum Gasteiger partial charge on any atom is 0.0471 e. The van der Waals surface area contributed by atoms with Crippen molar-refractivity contribution < 1.29 is 4.74 Å². The molecule has 1 aliphatic carbocycles. The van der Waals surface area contributed by atoms with Gasteiger partial charge in [0.05, 0.1) is 0 Å². The average molecular weight is 288 g/mol. The van der Waals surface area contributed by atoms with E-state index in [1.807, 2.05) is 0 Å². The second kappa shape index (κ2) is 7.28. The van der Waals surface area contributed by atoms with Crippen molar-refractivity contribution in [2.45, 2.75) is 50.5 Å². The highest BCUT2D eigenvalue weighted by Crippen LogP contribution is 2.29. The molecule has 1 saturated heterocycles. The number of anilines is 1. The van der Waals surface area contributed by atoms with Crippen LogP contribution in [0, 0.1) is 5.92 Å². The lowest BCUT2D eigenvalue weighted by Gasteiger charge is -2.27. The van der Waals surface area contributed by atoms with Crippen molar-refractivity contribution in [3.63, 3.8) is 0 Å². The van der Waals surface area contributed by atoms with Crippen LogP contribution in [0.3, 0.4) is 0 Å². The third-order valence-electron chi connectivity index (χ3n) is 5.07. The molecule has 0 spiro atoms. The number of nitrogens with one attached hydrogen (secondary N) is 1. The second-order valence-electron chi connectivity index (χ2n) is 6.67. The van der Waals surface area contributed by atoms with Gasteiger partial charge in [-0.25, -0.2) is 0 Å². The Bertz CT molecular complexity index is 435. The Hall–Kier alpha value is -1.06. The van der Waals surface area contributed by atoms with E-state index in [9.17, 15) is 0 Å². The number of ether oxygens (including phenoxy) is 1. The van der Waals surface area contributed by atoms with Crippen LogP contribution in [-0.4, -0.2) is 25.8 Å². The van der Waals surface area contributed by atoms with Crippen LogP contribution in [0.4, 0.5) is 5.69 Å². The number of nitrogens with two attached hydrogens (primary N) is 1. The van der Waals surface area contributed by atoms with Crippen LogP contribution in [0.15, 0.2) is 24.3 Å². The summed E-state index contributed by atoms with van der Waals surface area (Å²) in [6, 6.07) is 9.42. The third kappa shape index (κ3) is 4.21. The van der Waals surface area contributed by atoms with E-state index in [1.54, 1.807) is 0 Å². The highest BCUT2D eigenvalue weighted by atomic mass is 16.5. The SMILES string of the molecule is NC1CCC(CNc2cccc(C3CCOCC3)c2)CC1. The van der Waals surface area contributed by atoms with Crippen LogP contribution in [0.5, 0.6) is 0 Å². The zero-order chi connectivity index (χ0) is 14.5. The van der Waals surface area contributed by atoms with Gasteiger partial charge in [-0.3, -0.25) is 0 Å². The normalized spacial score (nSPS) is 27.5. The zero-order valence-corrected chi connectivity index (χ0v) is 12.9. The fourth-order valence-electron chi connectivity index (χ4n) is 3.59. The number of hydrogen-bond acceptors (Lipinski definition) is 3. The molecule has 1 aliphatic heterocycles. The molecule has 0 bridgehead atoms. The smallest absolute Gasteiger partial charge is 0.0471 e. The molecule has 0 radical (unpaired) electrons. The average Bonchev–Trinajstić information content (AvgIpc) is 2.55. The highest BCUT2D eigenvalue weighted by molar-refractivity contribution is 5.46. The molecule has 116 valence electrons. The minimum atomic E-state index is 0.443. The van der Waals surface area contributed by atoms with Crippen molar-refractivity contribution in [2.75, 3.05) is 25.1 Å². The Morgan fingerprint density at radius 1 is 1.05 bits per heavy atom. The van der Waals surface area contributed by atoms with Gasteiger partial charge in [-0.1, -0.05) is 12.1 Å². The molecule has 1 saturated carbocycles. The lowest BCUT2D eigenvalue weighted by molar-refractivity contribution is 0.0853. The Balaban J connectivity index is 1.53. The monoisotopic (exact) mass is 288 g/mol. The predicted octanol–water partition coefficient (Wildman–Crippen LogP) is 3.51. The fourth-order valence-corrected chi connectivity index (χ4v) is 3.59. The Labute approximate surface area is 128 Å². The Morgan fingerprint density at radius 3 is 2.57 bits per heavy atom. The zero-order valence-electron chi connectivity index (χ0n) is 12.9. The summed E-state index contributed by atoms with van der Waals surface area (Å²) in [7, 11) is 0. The van der Waals surface area contributed by atoms with Gasteiger partial charge in [0.2, 0.25) is 0 Å². The van der Waals surface area contributed by atoms with Crippen molar-refractivity contribution in [3.8, 4) is 0 Å². The molecule has 3 nitrogen and oxygen atoms in total. The number of hydrogen-bond donors (Lipinski definition) is 2. The molecule has 0 atom stereocenters. The van der Waals surface area contributed by atoms with Gasteiger partial charge in [-0.15, -0.1) is 0 Å². The predicted molar refractivity (Wildman–Crippen MR) is 87.7 cm³/mol. The summed E-state index contributed by atoms with van der Waals surface area (Å²) in [6.07, 6.45) is 7.23. The summed E-state index contributed by atoms with van der Waals surface area (Å²) in [6.45, 7) is 2.90. The molecule has 2 fully saturated rings. The van der Waals surface area contributed by atoms with Crippen molar-refractivity contribution in [2.24, 2.45) is 11.7 Å². The van der Waals surface area contributed by atoms with Crippen LogP contribution in [0.25, 0.3) is 0 Å². The van der Waals surface area contributed by atoms with Crippen molar-refractivity contribution >= 4 is 5.69 Å². The number of benzene rings is 1. The largest absolute Gasteiger partial charge is 0.385 e. The van der Waals surface area contributed by atoms with E-state index in [2.05, 4.69) is 29.6 Å². The first-order chi connectivity index (χ1) is 10.3. The molecular formula is C18H28N2O. The van der Waals surface area contributed by atoms with Gasteiger partial charge < -0.3 is 15.8 Å². The molecule has 21 heavy (non-hydrogen) atoms. The summed E-state index contributed by atoms with van der Waals surface area (Å²) in [4.78, 5) is 0. The van der Waals surface area contributed by atoms with Crippen LogP contribution >= 0.6 is 0 Å². The Kier molecular flexibility index (Phi) is 5.15. The van der Waals surface area contributed by atoms with Gasteiger partial charge in [-0.2, -0.15) is 0 Å². The third-order valence-corrected chi connectivity index (χ3v) is 5.07. The molecule has 0 amide bonds. The van der Waals surface area contributed by atoms with E-state index in [0.717, 1.165) is 38.5 Å². The van der Waals surface area contributed by atoms with Gasteiger partial charge in [0, 0.05) is 31.5 Å². The minimum Gasteiger partial charge on any atom is -0.385 e. The van der Waals surface area contributed by atoms with E-state index < -0.39 is 0 Å². The van der Waals surface area contributed by atoms with Gasteiger partial charge in [-0.05, 0) is 68.1 Å². The fraction of sp³-hybridized carbons (Fsp3) is 0.667. The molecule has 0 aromatic heterocycles. The first-order valence-electron chi connectivity index (χ1n) is 8.48. The molecule has 0 unspecified atom stereocenters. The van der Waals surface area contributed by atoms with Crippen molar-refractivity contribution in [1.82, 2.24) is 0 Å². The van der Waals surface area contributed by atoms with Crippen LogP contribution in [0.1, 0.15) is 50.0 Å². The second-order valence-corrected chi connectivity index (χ2v) is 6.67. The van der Waals surface area contributed by atoms with Gasteiger partial charge >= 0.3 is 0 Å². The van der Waals surface area contributed by atoms with Crippen molar-refractivity contribution in [3.05, 3.63) is 29.8 Å². The van der Waals surface area contributed by atoms with Crippen LogP contribution in [-0.2, 0) is 4.74 Å². The summed E-state index contributed by atoms with van der Waals surface area (Å²) < 4.78 is 5.46. The lowest BCUT2D eigenvalue weighted by atomic mass is 9.86. The Morgan fingerprint density at radius 2 is 1.81 bits per heavy atom. The van der Waals surface area contributed by atoms with E-state index in [0.29, 0.717) is 12.0 Å². The molecule has 1 aromatic carbocycles. The topological polar surface area (TPSA) is 47.3 Å². The lowest BCUT2D eigenvalue weighted by Crippen LogP contribution is -2.29. The summed E-state index contributed by atoms with van der Waals surface area (Å²) in [5, 5.41) is 3.64. The van der Waals surface area contributed by atoms with Crippen LogP contribution < -0.4 is 11.1 Å². The summed E-state index contributed by atoms with van der Waals surface area (Å²) in [5.74, 6) is 1.46. The molecule has 3 N–H and O–H groups in total. The minimum absolute atomic E-state index is 0.443. The molecule has 1 aromatic rings. The van der Waals surface area contributed by atoms with Gasteiger partial charge in [0.1, 0.15) is 0 Å². The maximum absolute atomic E-state index is 5.98. The summed E-state index contributed by atoms with van der Waals surface area (Å²) in [5.41, 5.74) is 8.71. The van der Waals surface area contributed by atoms with E-state index in [-0.39, 0.29) is 0 Å². The number of rotatable bonds is 4. The first-order valence-corrected chi connectivity index (χ1v) is 8.48. The molecule has 1 heterocycles. The van der Waals surface area contributed by atoms with Gasteiger partial charge in [0.25, 0.3) is 0 Å². The summed E-state index contributed by atoms with van der Waals surface area (Å²) >= 11 is 0. The quantitative estimate of drug-likeness (QED) is 0.891. The highest BCUT2D eigenvalue weighted by Gasteiger charge is 2.19. The van der Waals surface area contributed by atoms with Crippen molar-refractivity contribution in [1.29, 1.82) is 0 Å².